The van der Waals surface area contributed by atoms with Crippen LogP contribution in [0.15, 0.2) is 40.9 Å². The third kappa shape index (κ3) is 2.84. The normalized spacial score (nSPS) is 9.89. The van der Waals surface area contributed by atoms with Crippen LogP contribution < -0.4 is 5.32 Å². The molecule has 2 rings (SSSR count). The van der Waals surface area contributed by atoms with Gasteiger partial charge >= 0.3 is 0 Å². The maximum absolute atomic E-state index is 9.07. The third-order valence-corrected chi connectivity index (χ3v) is 3.42. The summed E-state index contributed by atoms with van der Waals surface area (Å²) in [7, 11) is 0. The highest BCUT2D eigenvalue weighted by molar-refractivity contribution is 9.10. The second-order valence-corrected chi connectivity index (χ2v) is 5.20. The average Bonchev–Trinajstić information content (AvgIpc) is 2.34. The van der Waals surface area contributed by atoms with Crippen molar-refractivity contribution in [3.63, 3.8) is 0 Å². The SMILES string of the molecule is Cc1ccc(Br)c(Nc2cc(Cl)ccc2C#N)c1. The molecule has 1 N–H and O–H groups in total. The molecule has 0 atom stereocenters. The smallest absolute Gasteiger partial charge is 0.101 e. The first-order valence-electron chi connectivity index (χ1n) is 5.33. The number of hydrogen-bond donors (Lipinski definition) is 1. The highest BCUT2D eigenvalue weighted by Crippen LogP contribution is 2.29. The standard InChI is InChI=1S/C14H10BrClN2/c1-9-2-5-12(15)14(6-9)18-13-7-11(16)4-3-10(13)8-17/h2-7,18H,1H3. The predicted molar refractivity (Wildman–Crippen MR) is 78.3 cm³/mol. The van der Waals surface area contributed by atoms with Gasteiger partial charge in [-0.15, -0.1) is 0 Å². The number of nitriles is 1. The van der Waals surface area contributed by atoms with Crippen molar-refractivity contribution in [2.75, 3.05) is 5.32 Å². The van der Waals surface area contributed by atoms with Crippen molar-refractivity contribution < 1.29 is 0 Å². The molecule has 0 heterocycles. The fourth-order valence-electron chi connectivity index (χ4n) is 1.60. The van der Waals surface area contributed by atoms with Gasteiger partial charge in [0.1, 0.15) is 6.07 Å². The Morgan fingerprint density at radius 1 is 1.17 bits per heavy atom. The molecule has 0 radical (unpaired) electrons. The summed E-state index contributed by atoms with van der Waals surface area (Å²) in [6.45, 7) is 2.01. The Morgan fingerprint density at radius 2 is 1.94 bits per heavy atom. The predicted octanol–water partition coefficient (Wildman–Crippen LogP) is 5.03. The van der Waals surface area contributed by atoms with E-state index in [0.29, 0.717) is 16.3 Å². The summed E-state index contributed by atoms with van der Waals surface area (Å²) in [6.07, 6.45) is 0. The molecular weight excluding hydrogens is 312 g/mol. The van der Waals surface area contributed by atoms with Crippen molar-refractivity contribution in [2.45, 2.75) is 6.92 Å². The largest absolute Gasteiger partial charge is 0.353 e. The number of rotatable bonds is 2. The average molecular weight is 322 g/mol. The van der Waals surface area contributed by atoms with Crippen LogP contribution >= 0.6 is 27.5 Å². The van der Waals surface area contributed by atoms with Crippen LogP contribution in [0.5, 0.6) is 0 Å². The van der Waals surface area contributed by atoms with E-state index in [1.165, 1.54) is 0 Å². The molecule has 90 valence electrons. The number of hydrogen-bond acceptors (Lipinski definition) is 2. The molecule has 18 heavy (non-hydrogen) atoms. The molecule has 2 nitrogen and oxygen atoms in total. The minimum Gasteiger partial charge on any atom is -0.353 e. The van der Waals surface area contributed by atoms with Crippen molar-refractivity contribution >= 4 is 38.9 Å². The maximum Gasteiger partial charge on any atom is 0.101 e. The molecule has 0 saturated heterocycles. The lowest BCUT2D eigenvalue weighted by Gasteiger charge is -2.11. The van der Waals surface area contributed by atoms with Crippen LogP contribution in [-0.2, 0) is 0 Å². The van der Waals surface area contributed by atoms with Crippen LogP contribution in [0.25, 0.3) is 0 Å². The van der Waals surface area contributed by atoms with Gasteiger partial charge in [0.15, 0.2) is 0 Å². The molecule has 4 heteroatoms. The number of halogens is 2. The van der Waals surface area contributed by atoms with Gasteiger partial charge in [0.2, 0.25) is 0 Å². The lowest BCUT2D eigenvalue weighted by Crippen LogP contribution is -1.95. The van der Waals surface area contributed by atoms with Gasteiger partial charge in [0.25, 0.3) is 0 Å². The van der Waals surface area contributed by atoms with Crippen molar-refractivity contribution in [3.05, 3.63) is 57.0 Å². The first kappa shape index (κ1) is 12.9. The monoisotopic (exact) mass is 320 g/mol. The summed E-state index contributed by atoms with van der Waals surface area (Å²) in [6, 6.07) is 13.3. The van der Waals surface area contributed by atoms with Crippen molar-refractivity contribution in [3.8, 4) is 6.07 Å². The van der Waals surface area contributed by atoms with E-state index in [-0.39, 0.29) is 0 Å². The van der Waals surface area contributed by atoms with Crippen LogP contribution in [0.2, 0.25) is 5.02 Å². The Kier molecular flexibility index (Phi) is 3.90. The number of nitrogens with zero attached hydrogens (tertiary/aromatic N) is 1. The number of aryl methyl sites for hydroxylation is 1. The van der Waals surface area contributed by atoms with Gasteiger partial charge in [0.05, 0.1) is 16.9 Å². The van der Waals surface area contributed by atoms with E-state index in [1.807, 2.05) is 25.1 Å². The Labute approximate surface area is 119 Å². The molecule has 0 aromatic heterocycles. The number of benzene rings is 2. The summed E-state index contributed by atoms with van der Waals surface area (Å²) in [5, 5.41) is 12.9. The molecule has 2 aromatic carbocycles. The minimum atomic E-state index is 0.563. The van der Waals surface area contributed by atoms with E-state index in [0.717, 1.165) is 15.7 Å². The number of anilines is 2. The highest BCUT2D eigenvalue weighted by Gasteiger charge is 2.06. The molecule has 0 amide bonds. The zero-order valence-electron chi connectivity index (χ0n) is 9.67. The summed E-state index contributed by atoms with van der Waals surface area (Å²) in [4.78, 5) is 0. The van der Waals surface area contributed by atoms with Gasteiger partial charge in [-0.3, -0.25) is 0 Å². The second kappa shape index (κ2) is 5.43. The van der Waals surface area contributed by atoms with E-state index in [2.05, 4.69) is 27.3 Å². The molecule has 0 aliphatic rings. The summed E-state index contributed by atoms with van der Waals surface area (Å²) in [5.74, 6) is 0. The van der Waals surface area contributed by atoms with Crippen molar-refractivity contribution in [2.24, 2.45) is 0 Å². The Bertz CT molecular complexity index is 632. The molecule has 2 aromatic rings. The quantitative estimate of drug-likeness (QED) is 0.842. The molecule has 0 aliphatic carbocycles. The summed E-state index contributed by atoms with van der Waals surface area (Å²) >= 11 is 9.42. The third-order valence-electron chi connectivity index (χ3n) is 2.49. The lowest BCUT2D eigenvalue weighted by atomic mass is 10.1. The maximum atomic E-state index is 9.07. The van der Waals surface area contributed by atoms with E-state index >= 15 is 0 Å². The lowest BCUT2D eigenvalue weighted by molar-refractivity contribution is 1.42. The van der Waals surface area contributed by atoms with E-state index < -0.39 is 0 Å². The van der Waals surface area contributed by atoms with Crippen LogP contribution in [0.4, 0.5) is 11.4 Å². The summed E-state index contributed by atoms with van der Waals surface area (Å²) in [5.41, 5.74) is 3.32. The van der Waals surface area contributed by atoms with E-state index in [1.54, 1.807) is 18.2 Å². The molecular formula is C14H10BrClN2. The fraction of sp³-hybridized carbons (Fsp3) is 0.0714. The summed E-state index contributed by atoms with van der Waals surface area (Å²) < 4.78 is 0.942. The number of nitrogens with one attached hydrogen (secondary N) is 1. The van der Waals surface area contributed by atoms with Crippen LogP contribution in [0, 0.1) is 18.3 Å². The van der Waals surface area contributed by atoms with Crippen LogP contribution in [-0.4, -0.2) is 0 Å². The minimum absolute atomic E-state index is 0.563. The molecule has 0 aliphatic heterocycles. The first-order valence-corrected chi connectivity index (χ1v) is 6.50. The van der Waals surface area contributed by atoms with Crippen LogP contribution in [0.1, 0.15) is 11.1 Å². The molecule has 0 fully saturated rings. The van der Waals surface area contributed by atoms with E-state index in [4.69, 9.17) is 16.9 Å². The van der Waals surface area contributed by atoms with Gasteiger partial charge in [-0.1, -0.05) is 17.7 Å². The van der Waals surface area contributed by atoms with Crippen molar-refractivity contribution in [1.29, 1.82) is 5.26 Å². The first-order chi connectivity index (χ1) is 8.60. The Balaban J connectivity index is 2.43. The van der Waals surface area contributed by atoms with Crippen LogP contribution in [0.3, 0.4) is 0 Å². The highest BCUT2D eigenvalue weighted by atomic mass is 79.9. The van der Waals surface area contributed by atoms with Crippen molar-refractivity contribution in [1.82, 2.24) is 0 Å². The zero-order chi connectivity index (χ0) is 13.1. The molecule has 0 unspecified atom stereocenters. The Hall–Kier alpha value is -1.50. The zero-order valence-corrected chi connectivity index (χ0v) is 12.0. The van der Waals surface area contributed by atoms with Gasteiger partial charge in [0, 0.05) is 9.50 Å². The van der Waals surface area contributed by atoms with Gasteiger partial charge < -0.3 is 5.32 Å². The Morgan fingerprint density at radius 3 is 2.67 bits per heavy atom. The topological polar surface area (TPSA) is 35.8 Å². The fourth-order valence-corrected chi connectivity index (χ4v) is 2.12. The molecule has 0 spiro atoms. The van der Waals surface area contributed by atoms with Gasteiger partial charge in [-0.2, -0.15) is 5.26 Å². The van der Waals surface area contributed by atoms with E-state index in [9.17, 15) is 0 Å². The second-order valence-electron chi connectivity index (χ2n) is 3.91. The van der Waals surface area contributed by atoms with Gasteiger partial charge in [-0.25, -0.2) is 0 Å². The molecule has 0 saturated carbocycles. The molecule has 0 bridgehead atoms. The van der Waals surface area contributed by atoms with Gasteiger partial charge in [-0.05, 0) is 58.7 Å².